The van der Waals surface area contributed by atoms with Gasteiger partial charge in [0.1, 0.15) is 6.54 Å². The van der Waals surface area contributed by atoms with E-state index >= 15 is 0 Å². The minimum atomic E-state index is 0. The van der Waals surface area contributed by atoms with Crippen LogP contribution in [0.5, 0.6) is 0 Å². The molecule has 0 aliphatic carbocycles. The minimum Gasteiger partial charge on any atom is -0.363 e. The molecule has 2 aliphatic heterocycles. The van der Waals surface area contributed by atoms with Gasteiger partial charge in [0.2, 0.25) is 5.91 Å². The van der Waals surface area contributed by atoms with Gasteiger partial charge in [-0.2, -0.15) is 0 Å². The van der Waals surface area contributed by atoms with Crippen LogP contribution in [-0.2, 0) is 17.8 Å². The first-order chi connectivity index (χ1) is 14.2. The van der Waals surface area contributed by atoms with Crippen molar-refractivity contribution in [3.8, 4) is 0 Å². The molecule has 4 rings (SSSR count). The number of thiophene rings is 2. The number of hydrogen-bond donors (Lipinski definition) is 2. The number of carbonyl (C=O) groups is 1. The fourth-order valence-electron chi connectivity index (χ4n) is 3.92. The monoisotopic (exact) mass is 559 g/mol. The Hall–Kier alpha value is -1.33. The number of fused-ring (bicyclic) bond motifs is 1. The third-order valence-electron chi connectivity index (χ3n) is 5.53. The molecular formula is C21H30IN5OS2. The highest BCUT2D eigenvalue weighted by atomic mass is 127. The third-order valence-corrected chi connectivity index (χ3v) is 7.48. The second-order valence-corrected chi connectivity index (χ2v) is 9.41. The van der Waals surface area contributed by atoms with Gasteiger partial charge in [-0.1, -0.05) is 0 Å². The Bertz CT molecular complexity index is 830. The van der Waals surface area contributed by atoms with Gasteiger partial charge in [0.15, 0.2) is 5.96 Å². The van der Waals surface area contributed by atoms with Gasteiger partial charge in [-0.25, -0.2) is 4.99 Å². The molecule has 164 valence electrons. The number of anilines is 1. The van der Waals surface area contributed by atoms with Crippen molar-refractivity contribution in [3.05, 3.63) is 39.4 Å². The zero-order valence-corrected chi connectivity index (χ0v) is 21.3. The molecule has 0 atom stereocenters. The molecule has 30 heavy (non-hydrogen) atoms. The average Bonchev–Trinajstić information content (AvgIpc) is 3.44. The lowest BCUT2D eigenvalue weighted by Crippen LogP contribution is -2.49. The molecule has 0 saturated carbocycles. The van der Waals surface area contributed by atoms with Gasteiger partial charge in [-0.3, -0.25) is 4.79 Å². The number of hydrogen-bond acceptors (Lipinski definition) is 5. The number of nitrogens with one attached hydrogen (secondary N) is 2. The molecule has 0 radical (unpaired) electrons. The SMILES string of the molecule is CCNC(=NCC(=O)N1CCc2sccc2C1)NC1CCN(c2cccs2)CC1.I. The average molecular weight is 560 g/mol. The molecule has 4 heterocycles. The lowest BCUT2D eigenvalue weighted by atomic mass is 10.1. The fourth-order valence-corrected chi connectivity index (χ4v) is 5.59. The zero-order valence-electron chi connectivity index (χ0n) is 17.3. The van der Waals surface area contributed by atoms with E-state index in [1.807, 2.05) is 4.90 Å². The van der Waals surface area contributed by atoms with Gasteiger partial charge in [-0.15, -0.1) is 46.7 Å². The van der Waals surface area contributed by atoms with E-state index in [4.69, 9.17) is 0 Å². The molecule has 6 nitrogen and oxygen atoms in total. The molecule has 2 aliphatic rings. The molecule has 2 N–H and O–H groups in total. The van der Waals surface area contributed by atoms with Crippen LogP contribution in [0.2, 0.25) is 0 Å². The van der Waals surface area contributed by atoms with Crippen LogP contribution in [0.15, 0.2) is 34.0 Å². The number of carbonyl (C=O) groups excluding carboxylic acids is 1. The molecule has 1 amide bonds. The number of piperidine rings is 1. The highest BCUT2D eigenvalue weighted by Crippen LogP contribution is 2.25. The van der Waals surface area contributed by atoms with E-state index in [9.17, 15) is 4.79 Å². The van der Waals surface area contributed by atoms with Crippen molar-refractivity contribution in [1.29, 1.82) is 0 Å². The number of amides is 1. The van der Waals surface area contributed by atoms with Crippen molar-refractivity contribution in [3.63, 3.8) is 0 Å². The van der Waals surface area contributed by atoms with Gasteiger partial charge in [0.05, 0.1) is 5.00 Å². The Morgan fingerprint density at radius 2 is 2.03 bits per heavy atom. The lowest BCUT2D eigenvalue weighted by Gasteiger charge is -2.33. The maximum atomic E-state index is 12.7. The number of rotatable bonds is 5. The van der Waals surface area contributed by atoms with Crippen LogP contribution < -0.4 is 15.5 Å². The van der Waals surface area contributed by atoms with Gasteiger partial charge in [0.25, 0.3) is 0 Å². The maximum Gasteiger partial charge on any atom is 0.244 e. The second-order valence-electron chi connectivity index (χ2n) is 7.49. The number of halogens is 1. The molecule has 2 aromatic rings. The first-order valence-corrected chi connectivity index (χ1v) is 12.1. The molecule has 2 aromatic heterocycles. The molecule has 1 fully saturated rings. The van der Waals surface area contributed by atoms with Crippen LogP contribution in [0.4, 0.5) is 5.00 Å². The lowest BCUT2D eigenvalue weighted by molar-refractivity contribution is -0.130. The smallest absolute Gasteiger partial charge is 0.244 e. The van der Waals surface area contributed by atoms with E-state index in [1.165, 1.54) is 15.4 Å². The molecule has 0 bridgehead atoms. The molecule has 1 saturated heterocycles. The van der Waals surface area contributed by atoms with E-state index in [2.05, 4.69) is 56.4 Å². The first kappa shape index (κ1) is 23.3. The van der Waals surface area contributed by atoms with Crippen LogP contribution in [-0.4, -0.2) is 55.5 Å². The standard InChI is InChI=1S/C21H29N5OS2.HI/c1-2-22-21(24-17-5-9-25(10-6-17)20-4-3-12-29-20)23-14-19(27)26-11-7-18-16(15-26)8-13-28-18;/h3-4,8,12-13,17H,2,5-7,9-11,14-15H2,1H3,(H2,22,23,24);1H. The molecule has 0 aromatic carbocycles. The van der Waals surface area contributed by atoms with Crippen LogP contribution in [0.25, 0.3) is 0 Å². The minimum absolute atomic E-state index is 0. The van der Waals surface area contributed by atoms with Gasteiger partial charge >= 0.3 is 0 Å². The number of nitrogens with zero attached hydrogens (tertiary/aromatic N) is 3. The normalized spacial score (nSPS) is 17.3. The van der Waals surface area contributed by atoms with E-state index in [-0.39, 0.29) is 36.4 Å². The van der Waals surface area contributed by atoms with Gasteiger partial charge in [-0.05, 0) is 60.7 Å². The van der Waals surface area contributed by atoms with Crippen molar-refractivity contribution in [2.24, 2.45) is 4.99 Å². The summed E-state index contributed by atoms with van der Waals surface area (Å²) in [5.41, 5.74) is 1.29. The quantitative estimate of drug-likeness (QED) is 0.335. The summed E-state index contributed by atoms with van der Waals surface area (Å²) in [6, 6.07) is 6.83. The van der Waals surface area contributed by atoms with Crippen molar-refractivity contribution in [1.82, 2.24) is 15.5 Å². The molecule has 9 heteroatoms. The molecular weight excluding hydrogens is 529 g/mol. The highest BCUT2D eigenvalue weighted by Gasteiger charge is 2.23. The van der Waals surface area contributed by atoms with Gasteiger partial charge < -0.3 is 20.4 Å². The zero-order chi connectivity index (χ0) is 20.1. The summed E-state index contributed by atoms with van der Waals surface area (Å²) >= 11 is 3.60. The number of aliphatic imine (C=N–C) groups is 1. The van der Waals surface area contributed by atoms with E-state index in [0.717, 1.165) is 57.9 Å². The Kier molecular flexibility index (Phi) is 8.82. The summed E-state index contributed by atoms with van der Waals surface area (Å²) < 4.78 is 0. The molecule has 0 spiro atoms. The Labute approximate surface area is 203 Å². The summed E-state index contributed by atoms with van der Waals surface area (Å²) in [7, 11) is 0. The van der Waals surface area contributed by atoms with E-state index in [0.29, 0.717) is 6.04 Å². The number of guanidine groups is 1. The van der Waals surface area contributed by atoms with E-state index in [1.54, 1.807) is 22.7 Å². The summed E-state index contributed by atoms with van der Waals surface area (Å²) in [6.45, 7) is 6.66. The van der Waals surface area contributed by atoms with Crippen LogP contribution in [0, 0.1) is 0 Å². The first-order valence-electron chi connectivity index (χ1n) is 10.4. The van der Waals surface area contributed by atoms with Crippen molar-refractivity contribution in [2.75, 3.05) is 37.6 Å². The second kappa shape index (κ2) is 11.3. The van der Waals surface area contributed by atoms with Crippen molar-refractivity contribution in [2.45, 2.75) is 38.8 Å². The summed E-state index contributed by atoms with van der Waals surface area (Å²) in [6.07, 6.45) is 3.11. The Morgan fingerprint density at radius 3 is 2.77 bits per heavy atom. The maximum absolute atomic E-state index is 12.7. The Morgan fingerprint density at radius 1 is 1.20 bits per heavy atom. The fraction of sp³-hybridized carbons (Fsp3) is 0.524. The van der Waals surface area contributed by atoms with Crippen LogP contribution in [0.3, 0.4) is 0 Å². The Balaban J connectivity index is 0.00000256. The summed E-state index contributed by atoms with van der Waals surface area (Å²) in [4.78, 5) is 23.1. The van der Waals surface area contributed by atoms with Crippen LogP contribution in [0.1, 0.15) is 30.2 Å². The van der Waals surface area contributed by atoms with Crippen molar-refractivity contribution >= 4 is 63.5 Å². The van der Waals surface area contributed by atoms with E-state index < -0.39 is 0 Å². The van der Waals surface area contributed by atoms with Crippen molar-refractivity contribution < 1.29 is 4.79 Å². The molecule has 0 unspecified atom stereocenters. The summed E-state index contributed by atoms with van der Waals surface area (Å²) in [5.74, 6) is 0.857. The predicted octanol–water partition coefficient (Wildman–Crippen LogP) is 3.54. The van der Waals surface area contributed by atoms with Crippen LogP contribution >= 0.6 is 46.7 Å². The van der Waals surface area contributed by atoms with Gasteiger partial charge in [0, 0.05) is 43.6 Å². The highest BCUT2D eigenvalue weighted by molar-refractivity contribution is 14.0. The summed E-state index contributed by atoms with van der Waals surface area (Å²) in [5, 5.41) is 12.4. The predicted molar refractivity (Wildman–Crippen MR) is 138 cm³/mol. The topological polar surface area (TPSA) is 60.0 Å². The largest absolute Gasteiger partial charge is 0.363 e. The third kappa shape index (κ3) is 5.88.